The topological polar surface area (TPSA) is 83.8 Å². The molecule has 1 aliphatic heterocycles. The van der Waals surface area contributed by atoms with Crippen molar-refractivity contribution in [3.8, 4) is 5.75 Å². The monoisotopic (exact) mass is 407 g/mol. The summed E-state index contributed by atoms with van der Waals surface area (Å²) in [4.78, 5) is 26.6. The number of halogens is 1. The molecular weight excluding hydrogens is 382 g/mol. The second-order valence-electron chi connectivity index (χ2n) is 6.48. The summed E-state index contributed by atoms with van der Waals surface area (Å²) in [6.07, 6.45) is 3.33. The number of hydrogen-bond donors (Lipinski definition) is 2. The van der Waals surface area contributed by atoms with E-state index in [1.54, 1.807) is 36.4 Å². The van der Waals surface area contributed by atoms with Gasteiger partial charge in [-0.25, -0.2) is 0 Å². The number of carbonyl (C=O) groups excluding carboxylic acids is 2. The van der Waals surface area contributed by atoms with E-state index in [-0.39, 0.29) is 42.6 Å². The number of carbonyl (C=O) groups is 2. The van der Waals surface area contributed by atoms with Crippen LogP contribution in [0.2, 0.25) is 0 Å². The summed E-state index contributed by atoms with van der Waals surface area (Å²) in [5.74, 6) is 0.408. The molecule has 2 N–H and O–H groups in total. The highest BCUT2D eigenvalue weighted by Gasteiger charge is 2.26. The van der Waals surface area contributed by atoms with Gasteiger partial charge in [0.1, 0.15) is 5.75 Å². The smallest absolute Gasteiger partial charge is 0.291 e. The zero-order valence-corrected chi connectivity index (χ0v) is 16.7. The molecule has 152 valence electrons. The molecule has 28 heavy (non-hydrogen) atoms. The molecule has 0 aliphatic carbocycles. The number of nitrogens with zero attached hydrogens (tertiary/aromatic N) is 1. The number of ether oxygens (including phenoxy) is 1. The second kappa shape index (κ2) is 10.7. The van der Waals surface area contributed by atoms with Crippen LogP contribution in [0, 0.1) is 0 Å². The fourth-order valence-corrected chi connectivity index (χ4v) is 3.15. The summed E-state index contributed by atoms with van der Waals surface area (Å²) < 4.78 is 10.8. The molecule has 2 aromatic rings. The van der Waals surface area contributed by atoms with Crippen LogP contribution >= 0.6 is 12.4 Å². The van der Waals surface area contributed by atoms with E-state index in [1.807, 2.05) is 4.90 Å². The summed E-state index contributed by atoms with van der Waals surface area (Å²) in [5.41, 5.74) is 0.576. The molecule has 1 aromatic heterocycles. The Balaban J connectivity index is 0.00000280. The van der Waals surface area contributed by atoms with Crippen molar-refractivity contribution in [3.05, 3.63) is 48.4 Å². The highest BCUT2D eigenvalue weighted by molar-refractivity contribution is 6.02. The van der Waals surface area contributed by atoms with Gasteiger partial charge in [0.05, 0.1) is 6.26 Å². The number of rotatable bonds is 8. The van der Waals surface area contributed by atoms with Crippen LogP contribution in [0.3, 0.4) is 0 Å². The molecule has 7 nitrogen and oxygen atoms in total. The van der Waals surface area contributed by atoms with Gasteiger partial charge in [0, 0.05) is 30.9 Å². The number of anilines is 1. The predicted octanol–water partition coefficient (Wildman–Crippen LogP) is 2.93. The quantitative estimate of drug-likeness (QED) is 0.702. The van der Waals surface area contributed by atoms with Crippen molar-refractivity contribution in [1.29, 1.82) is 0 Å². The van der Waals surface area contributed by atoms with E-state index in [1.165, 1.54) is 6.26 Å². The van der Waals surface area contributed by atoms with E-state index in [0.717, 1.165) is 32.5 Å². The van der Waals surface area contributed by atoms with Gasteiger partial charge in [-0.2, -0.15) is 0 Å². The van der Waals surface area contributed by atoms with Crippen LogP contribution in [0.1, 0.15) is 30.3 Å². The first kappa shape index (κ1) is 21.8. The minimum absolute atomic E-state index is 0. The third-order valence-electron chi connectivity index (χ3n) is 4.46. The van der Waals surface area contributed by atoms with E-state index < -0.39 is 0 Å². The molecule has 0 radical (unpaired) electrons. The Bertz CT molecular complexity index is 761. The largest absolute Gasteiger partial charge is 0.484 e. The second-order valence-corrected chi connectivity index (χ2v) is 6.48. The minimum atomic E-state index is -0.337. The normalized spacial score (nSPS) is 15.5. The van der Waals surface area contributed by atoms with Gasteiger partial charge in [-0.05, 0) is 43.7 Å². The van der Waals surface area contributed by atoms with Crippen molar-refractivity contribution >= 4 is 29.9 Å². The van der Waals surface area contributed by atoms with Crippen molar-refractivity contribution in [2.75, 3.05) is 31.6 Å². The molecule has 1 fully saturated rings. The number of hydrogen-bond acceptors (Lipinski definition) is 5. The fourth-order valence-electron chi connectivity index (χ4n) is 3.15. The summed E-state index contributed by atoms with van der Waals surface area (Å²) >= 11 is 0. The van der Waals surface area contributed by atoms with Crippen LogP contribution < -0.4 is 15.4 Å². The van der Waals surface area contributed by atoms with Crippen LogP contribution in [0.25, 0.3) is 0 Å². The van der Waals surface area contributed by atoms with Crippen LogP contribution in [0.5, 0.6) is 5.75 Å². The number of benzene rings is 1. The number of nitrogens with one attached hydrogen (secondary N) is 2. The lowest BCUT2D eigenvalue weighted by molar-refractivity contribution is -0.135. The molecule has 2 heterocycles. The first-order chi connectivity index (χ1) is 13.2. The first-order valence-corrected chi connectivity index (χ1v) is 9.25. The van der Waals surface area contributed by atoms with Crippen LogP contribution in [0.15, 0.2) is 47.1 Å². The van der Waals surface area contributed by atoms with E-state index in [9.17, 15) is 9.59 Å². The maximum Gasteiger partial charge on any atom is 0.291 e. The average molecular weight is 408 g/mol. The fraction of sp³-hybridized carbons (Fsp3) is 0.400. The first-order valence-electron chi connectivity index (χ1n) is 9.25. The molecular formula is C20H26ClN3O4. The van der Waals surface area contributed by atoms with Crippen molar-refractivity contribution in [2.24, 2.45) is 0 Å². The van der Waals surface area contributed by atoms with E-state index >= 15 is 0 Å². The maximum absolute atomic E-state index is 12.6. The van der Waals surface area contributed by atoms with E-state index in [4.69, 9.17) is 9.15 Å². The molecule has 1 aromatic carbocycles. The Morgan fingerprint density at radius 3 is 2.86 bits per heavy atom. The Morgan fingerprint density at radius 2 is 2.18 bits per heavy atom. The zero-order chi connectivity index (χ0) is 19.1. The third-order valence-corrected chi connectivity index (χ3v) is 4.46. The van der Waals surface area contributed by atoms with Crippen LogP contribution in [-0.4, -0.2) is 49.0 Å². The van der Waals surface area contributed by atoms with Crippen molar-refractivity contribution in [1.82, 2.24) is 10.2 Å². The van der Waals surface area contributed by atoms with Crippen LogP contribution in [-0.2, 0) is 4.79 Å². The predicted molar refractivity (Wildman–Crippen MR) is 109 cm³/mol. The Morgan fingerprint density at radius 1 is 1.32 bits per heavy atom. The van der Waals surface area contributed by atoms with Gasteiger partial charge in [0.2, 0.25) is 0 Å². The van der Waals surface area contributed by atoms with Gasteiger partial charge in [0.15, 0.2) is 12.4 Å². The van der Waals surface area contributed by atoms with Gasteiger partial charge < -0.3 is 24.7 Å². The summed E-state index contributed by atoms with van der Waals surface area (Å²) in [7, 11) is 0. The van der Waals surface area contributed by atoms with Crippen molar-refractivity contribution < 1.29 is 18.7 Å². The Kier molecular flexibility index (Phi) is 8.35. The lowest BCUT2D eigenvalue weighted by Crippen LogP contribution is -2.44. The van der Waals surface area contributed by atoms with E-state index in [2.05, 4.69) is 17.6 Å². The van der Waals surface area contributed by atoms with E-state index in [0.29, 0.717) is 11.4 Å². The van der Waals surface area contributed by atoms with Crippen LogP contribution in [0.4, 0.5) is 5.69 Å². The number of furan rings is 1. The highest BCUT2D eigenvalue weighted by Crippen LogP contribution is 2.19. The SMILES string of the molecule is CCCN(C(=O)COc1cccc(NC(=O)c2ccco2)c1)C1CCNC1.Cl. The molecule has 1 saturated heterocycles. The Labute approximate surface area is 170 Å². The molecule has 0 spiro atoms. The minimum Gasteiger partial charge on any atom is -0.484 e. The molecule has 3 rings (SSSR count). The lowest BCUT2D eigenvalue weighted by atomic mass is 10.2. The van der Waals surface area contributed by atoms with Gasteiger partial charge in [-0.15, -0.1) is 12.4 Å². The standard InChI is InChI=1S/C20H25N3O4.ClH/c1-2-10-23(16-8-9-21-13-16)19(24)14-27-17-6-3-5-15(12-17)22-20(25)18-7-4-11-26-18;/h3-7,11-12,16,21H,2,8-10,13-14H2,1H3,(H,22,25);1H. The molecule has 1 atom stereocenters. The molecule has 1 unspecified atom stereocenters. The van der Waals surface area contributed by atoms with Crippen molar-refractivity contribution in [3.63, 3.8) is 0 Å². The highest BCUT2D eigenvalue weighted by atomic mass is 35.5. The molecule has 0 saturated carbocycles. The Hall–Kier alpha value is -2.51. The van der Waals surface area contributed by atoms with Gasteiger partial charge in [-0.3, -0.25) is 9.59 Å². The van der Waals surface area contributed by atoms with Gasteiger partial charge >= 0.3 is 0 Å². The van der Waals surface area contributed by atoms with Crippen molar-refractivity contribution in [2.45, 2.75) is 25.8 Å². The molecule has 0 bridgehead atoms. The zero-order valence-electron chi connectivity index (χ0n) is 15.8. The lowest BCUT2D eigenvalue weighted by Gasteiger charge is -2.28. The molecule has 8 heteroatoms. The number of amides is 2. The van der Waals surface area contributed by atoms with Gasteiger partial charge in [0.25, 0.3) is 11.8 Å². The van der Waals surface area contributed by atoms with Gasteiger partial charge in [-0.1, -0.05) is 13.0 Å². The summed E-state index contributed by atoms with van der Waals surface area (Å²) in [6, 6.07) is 10.5. The summed E-state index contributed by atoms with van der Waals surface area (Å²) in [5, 5.41) is 6.04. The molecule has 2 amide bonds. The molecule has 1 aliphatic rings. The summed E-state index contributed by atoms with van der Waals surface area (Å²) in [6.45, 7) is 4.55. The third kappa shape index (κ3) is 5.74. The maximum atomic E-state index is 12.6. The average Bonchev–Trinajstić information content (AvgIpc) is 3.38.